The van der Waals surface area contributed by atoms with Crippen LogP contribution >= 0.6 is 23.2 Å². The first-order chi connectivity index (χ1) is 7.59. The molecule has 84 valence electrons. The first-order valence-corrected chi connectivity index (χ1v) is 5.60. The molecule has 0 bridgehead atoms. The Bertz CT molecular complexity index is 472. The molecule has 2 heterocycles. The van der Waals surface area contributed by atoms with E-state index >= 15 is 0 Å². The smallest absolute Gasteiger partial charge is 0.165 e. The summed E-state index contributed by atoms with van der Waals surface area (Å²) in [4.78, 5) is 8.42. The first kappa shape index (κ1) is 11.4. The number of aromatic nitrogens is 2. The zero-order valence-corrected chi connectivity index (χ0v) is 10.4. The zero-order chi connectivity index (χ0) is 11.7. The Labute approximate surface area is 103 Å². The van der Waals surface area contributed by atoms with Crippen molar-refractivity contribution in [2.24, 2.45) is 0 Å². The van der Waals surface area contributed by atoms with Crippen LogP contribution in [0.15, 0.2) is 23.0 Å². The zero-order valence-electron chi connectivity index (χ0n) is 8.87. The molecule has 0 saturated carbocycles. The number of hydrogen-bond acceptors (Lipinski definition) is 3. The van der Waals surface area contributed by atoms with Crippen molar-refractivity contribution in [3.63, 3.8) is 0 Å². The van der Waals surface area contributed by atoms with E-state index in [9.17, 15) is 0 Å². The number of hydrogen-bond donors (Lipinski definition) is 0. The first-order valence-electron chi connectivity index (χ1n) is 4.85. The number of rotatable bonds is 2. The molecule has 0 aliphatic rings. The lowest BCUT2D eigenvalue weighted by atomic mass is 10.1. The summed E-state index contributed by atoms with van der Waals surface area (Å²) in [5.74, 6) is 0.673. The molecule has 5 heteroatoms. The molecule has 2 aromatic heterocycles. The third kappa shape index (κ3) is 2.06. The van der Waals surface area contributed by atoms with Crippen LogP contribution in [0.3, 0.4) is 0 Å². The van der Waals surface area contributed by atoms with Crippen molar-refractivity contribution in [3.8, 4) is 11.4 Å². The second kappa shape index (κ2) is 4.44. The molecule has 0 radical (unpaired) electrons. The summed E-state index contributed by atoms with van der Waals surface area (Å²) in [6.45, 7) is 3.99. The summed E-state index contributed by atoms with van der Waals surface area (Å²) in [7, 11) is 0. The summed E-state index contributed by atoms with van der Waals surface area (Å²) < 4.78 is 4.96. The van der Waals surface area contributed by atoms with Gasteiger partial charge in [-0.25, -0.2) is 9.97 Å². The van der Waals surface area contributed by atoms with Crippen LogP contribution in [-0.2, 0) is 0 Å². The largest absolute Gasteiger partial charge is 0.472 e. The molecule has 0 unspecified atom stereocenters. The fourth-order valence-corrected chi connectivity index (χ4v) is 2.24. The van der Waals surface area contributed by atoms with Gasteiger partial charge in [0, 0.05) is 5.56 Å². The fraction of sp³-hybridized carbons (Fsp3) is 0.273. The maximum absolute atomic E-state index is 6.08. The van der Waals surface area contributed by atoms with Crippen molar-refractivity contribution in [1.82, 2.24) is 9.97 Å². The molecular formula is C11H10Cl2N2O. The van der Waals surface area contributed by atoms with E-state index in [-0.39, 0.29) is 5.92 Å². The van der Waals surface area contributed by atoms with E-state index in [0.29, 0.717) is 16.1 Å². The lowest BCUT2D eigenvalue weighted by Gasteiger charge is -2.09. The van der Waals surface area contributed by atoms with Crippen LogP contribution in [-0.4, -0.2) is 9.97 Å². The van der Waals surface area contributed by atoms with Gasteiger partial charge in [-0.3, -0.25) is 0 Å². The van der Waals surface area contributed by atoms with Crippen molar-refractivity contribution >= 4 is 23.2 Å². The standard InChI is InChI=1S/C11H10Cl2N2O/c1-6(2)8-9(12)14-11(15-10(8)13)7-3-4-16-5-7/h3-6H,1-2H3. The average molecular weight is 257 g/mol. The van der Waals surface area contributed by atoms with E-state index in [4.69, 9.17) is 27.6 Å². The lowest BCUT2D eigenvalue weighted by molar-refractivity contribution is 0.568. The third-order valence-electron chi connectivity index (χ3n) is 2.21. The maximum atomic E-state index is 6.08. The Hall–Kier alpha value is -1.06. The third-order valence-corrected chi connectivity index (χ3v) is 2.79. The van der Waals surface area contributed by atoms with E-state index in [0.717, 1.165) is 11.1 Å². The van der Waals surface area contributed by atoms with Gasteiger partial charge in [-0.05, 0) is 12.0 Å². The minimum Gasteiger partial charge on any atom is -0.472 e. The summed E-state index contributed by atoms with van der Waals surface area (Å²) >= 11 is 12.2. The summed E-state index contributed by atoms with van der Waals surface area (Å²) in [5, 5.41) is 0.789. The second-order valence-electron chi connectivity index (χ2n) is 3.71. The fourth-order valence-electron chi connectivity index (χ4n) is 1.41. The summed E-state index contributed by atoms with van der Waals surface area (Å²) in [6, 6.07) is 1.76. The van der Waals surface area contributed by atoms with Crippen LogP contribution in [0, 0.1) is 0 Å². The molecule has 0 fully saturated rings. The molecule has 0 N–H and O–H groups in total. The number of furan rings is 1. The highest BCUT2D eigenvalue weighted by Gasteiger charge is 2.15. The molecule has 16 heavy (non-hydrogen) atoms. The second-order valence-corrected chi connectivity index (χ2v) is 4.43. The number of halogens is 2. The average Bonchev–Trinajstić information content (AvgIpc) is 2.67. The van der Waals surface area contributed by atoms with Gasteiger partial charge in [0.05, 0.1) is 11.8 Å². The predicted octanol–water partition coefficient (Wildman–Crippen LogP) is 4.17. The van der Waals surface area contributed by atoms with Gasteiger partial charge in [0.15, 0.2) is 5.82 Å². The Morgan fingerprint density at radius 1 is 1.19 bits per heavy atom. The summed E-state index contributed by atoms with van der Waals surface area (Å²) in [6.07, 6.45) is 3.11. The predicted molar refractivity (Wildman–Crippen MR) is 63.8 cm³/mol. The monoisotopic (exact) mass is 256 g/mol. The molecule has 0 aromatic carbocycles. The van der Waals surface area contributed by atoms with E-state index in [1.54, 1.807) is 18.6 Å². The molecule has 2 rings (SSSR count). The van der Waals surface area contributed by atoms with E-state index in [1.165, 1.54) is 0 Å². The van der Waals surface area contributed by atoms with Gasteiger partial charge in [0.2, 0.25) is 0 Å². The molecule has 0 amide bonds. The van der Waals surface area contributed by atoms with Crippen LogP contribution in [0.1, 0.15) is 25.3 Å². The molecule has 0 aliphatic carbocycles. The molecule has 2 aromatic rings. The van der Waals surface area contributed by atoms with Crippen molar-refractivity contribution in [2.45, 2.75) is 19.8 Å². The Morgan fingerprint density at radius 2 is 1.81 bits per heavy atom. The molecule has 3 nitrogen and oxygen atoms in total. The Balaban J connectivity index is 2.53. The van der Waals surface area contributed by atoms with Gasteiger partial charge in [-0.1, -0.05) is 37.0 Å². The molecule has 0 aliphatic heterocycles. The Kier molecular flexibility index (Phi) is 3.17. The van der Waals surface area contributed by atoms with Crippen molar-refractivity contribution < 1.29 is 4.42 Å². The van der Waals surface area contributed by atoms with Gasteiger partial charge in [0.1, 0.15) is 16.6 Å². The van der Waals surface area contributed by atoms with Crippen LogP contribution in [0.5, 0.6) is 0 Å². The number of nitrogens with zero attached hydrogens (tertiary/aromatic N) is 2. The van der Waals surface area contributed by atoms with Crippen LogP contribution in [0.2, 0.25) is 10.3 Å². The minimum atomic E-state index is 0.193. The van der Waals surface area contributed by atoms with Gasteiger partial charge in [-0.2, -0.15) is 0 Å². The minimum absolute atomic E-state index is 0.193. The molecular weight excluding hydrogens is 247 g/mol. The molecule has 0 spiro atoms. The van der Waals surface area contributed by atoms with E-state index in [2.05, 4.69) is 9.97 Å². The normalized spacial score (nSPS) is 11.1. The van der Waals surface area contributed by atoms with Crippen molar-refractivity contribution in [1.29, 1.82) is 0 Å². The van der Waals surface area contributed by atoms with Gasteiger partial charge in [0.25, 0.3) is 0 Å². The van der Waals surface area contributed by atoms with Crippen molar-refractivity contribution in [2.75, 3.05) is 0 Å². The van der Waals surface area contributed by atoms with Gasteiger partial charge in [-0.15, -0.1) is 0 Å². The van der Waals surface area contributed by atoms with Crippen LogP contribution in [0.25, 0.3) is 11.4 Å². The Morgan fingerprint density at radius 3 is 2.25 bits per heavy atom. The highest BCUT2D eigenvalue weighted by Crippen LogP contribution is 2.30. The van der Waals surface area contributed by atoms with Crippen LogP contribution in [0.4, 0.5) is 0 Å². The highest BCUT2D eigenvalue weighted by molar-refractivity contribution is 6.34. The maximum Gasteiger partial charge on any atom is 0.165 e. The lowest BCUT2D eigenvalue weighted by Crippen LogP contribution is -1.98. The SMILES string of the molecule is CC(C)c1c(Cl)nc(-c2ccoc2)nc1Cl. The van der Waals surface area contributed by atoms with Crippen LogP contribution < -0.4 is 0 Å². The van der Waals surface area contributed by atoms with E-state index < -0.39 is 0 Å². The topological polar surface area (TPSA) is 38.9 Å². The molecule has 0 saturated heterocycles. The van der Waals surface area contributed by atoms with Gasteiger partial charge >= 0.3 is 0 Å². The van der Waals surface area contributed by atoms with Crippen molar-refractivity contribution in [3.05, 3.63) is 34.5 Å². The molecule has 0 atom stereocenters. The highest BCUT2D eigenvalue weighted by atomic mass is 35.5. The van der Waals surface area contributed by atoms with E-state index in [1.807, 2.05) is 13.8 Å². The summed E-state index contributed by atoms with van der Waals surface area (Å²) in [5.41, 5.74) is 1.54. The van der Waals surface area contributed by atoms with Gasteiger partial charge < -0.3 is 4.42 Å². The quantitative estimate of drug-likeness (QED) is 0.758.